The Morgan fingerprint density at radius 3 is 2.05 bits per heavy atom. The molecule has 0 heterocycles. The summed E-state index contributed by atoms with van der Waals surface area (Å²) in [6.45, 7) is 8.68. The predicted octanol–water partition coefficient (Wildman–Crippen LogP) is 4.00. The fraction of sp³-hybridized carbons (Fsp3) is 1.00. The summed E-state index contributed by atoms with van der Waals surface area (Å²) in [4.78, 5) is 0. The molecule has 4 bridgehead atoms. The molecule has 0 aromatic heterocycles. The van der Waals surface area contributed by atoms with Crippen LogP contribution < -0.4 is 5.32 Å². The maximum absolute atomic E-state index is 6.13. The first kappa shape index (κ1) is 14.8. The van der Waals surface area contributed by atoms with Gasteiger partial charge in [0, 0.05) is 6.04 Å². The molecule has 0 spiro atoms. The second kappa shape index (κ2) is 5.96. The van der Waals surface area contributed by atoms with E-state index in [0.29, 0.717) is 17.6 Å². The molecule has 2 unspecified atom stereocenters. The van der Waals surface area contributed by atoms with Crippen LogP contribution in [-0.2, 0) is 4.74 Å². The Morgan fingerprint density at radius 2 is 1.60 bits per heavy atom. The SMILES string of the molecule is CCNC(COC(C)CC)C12CC3CC(CC(C3)C1)C2. The van der Waals surface area contributed by atoms with Gasteiger partial charge in [0.2, 0.25) is 0 Å². The predicted molar refractivity (Wildman–Crippen MR) is 83.8 cm³/mol. The third-order valence-corrected chi connectivity index (χ3v) is 6.40. The molecule has 0 aliphatic heterocycles. The Kier molecular flexibility index (Phi) is 4.42. The standard InChI is InChI=1S/C18H33NO/c1-4-13(3)20-12-17(19-5-2)18-9-14-6-15(10-18)8-16(7-14)11-18/h13-17,19H,4-12H2,1-3H3. The van der Waals surface area contributed by atoms with Gasteiger partial charge in [-0.05, 0) is 81.6 Å². The maximum Gasteiger partial charge on any atom is 0.0628 e. The lowest BCUT2D eigenvalue weighted by Crippen LogP contribution is -2.57. The lowest BCUT2D eigenvalue weighted by molar-refractivity contribution is -0.0942. The van der Waals surface area contributed by atoms with Gasteiger partial charge in [0.1, 0.15) is 0 Å². The molecule has 4 aliphatic rings. The molecule has 2 heteroatoms. The number of nitrogens with one attached hydrogen (secondary N) is 1. The van der Waals surface area contributed by atoms with Gasteiger partial charge in [0.15, 0.2) is 0 Å². The molecule has 2 atom stereocenters. The quantitative estimate of drug-likeness (QED) is 0.760. The smallest absolute Gasteiger partial charge is 0.0628 e. The summed E-state index contributed by atoms with van der Waals surface area (Å²) < 4.78 is 6.13. The van der Waals surface area contributed by atoms with Crippen LogP contribution in [0, 0.1) is 23.2 Å². The monoisotopic (exact) mass is 279 g/mol. The largest absolute Gasteiger partial charge is 0.377 e. The first-order chi connectivity index (χ1) is 9.65. The van der Waals surface area contributed by atoms with E-state index in [1.54, 1.807) is 0 Å². The summed E-state index contributed by atoms with van der Waals surface area (Å²) in [6, 6.07) is 0.592. The van der Waals surface area contributed by atoms with Crippen molar-refractivity contribution in [2.75, 3.05) is 13.2 Å². The average molecular weight is 279 g/mol. The van der Waals surface area contributed by atoms with Crippen LogP contribution in [0.25, 0.3) is 0 Å². The lowest BCUT2D eigenvalue weighted by atomic mass is 9.47. The molecule has 4 aliphatic carbocycles. The molecule has 0 amide bonds. The van der Waals surface area contributed by atoms with Crippen molar-refractivity contribution >= 4 is 0 Å². The lowest BCUT2D eigenvalue weighted by Gasteiger charge is -2.59. The Labute approximate surface area is 125 Å². The molecule has 0 aromatic carbocycles. The number of rotatable bonds is 7. The summed E-state index contributed by atoms with van der Waals surface area (Å²) in [6.07, 6.45) is 10.5. The number of hydrogen-bond donors (Lipinski definition) is 1. The molecule has 116 valence electrons. The third-order valence-electron chi connectivity index (χ3n) is 6.40. The zero-order valence-corrected chi connectivity index (χ0v) is 13.7. The van der Waals surface area contributed by atoms with Crippen molar-refractivity contribution in [3.63, 3.8) is 0 Å². The summed E-state index contributed by atoms with van der Waals surface area (Å²) in [7, 11) is 0. The highest BCUT2D eigenvalue weighted by molar-refractivity contribution is 5.06. The van der Waals surface area contributed by atoms with Crippen LogP contribution in [0.1, 0.15) is 65.7 Å². The van der Waals surface area contributed by atoms with E-state index in [2.05, 4.69) is 26.1 Å². The second-order valence-electron chi connectivity index (χ2n) is 7.94. The van der Waals surface area contributed by atoms with Crippen molar-refractivity contribution in [2.45, 2.75) is 77.9 Å². The van der Waals surface area contributed by atoms with Crippen LogP contribution in [-0.4, -0.2) is 25.3 Å². The van der Waals surface area contributed by atoms with Crippen LogP contribution in [0.2, 0.25) is 0 Å². The second-order valence-corrected chi connectivity index (χ2v) is 7.94. The van der Waals surface area contributed by atoms with Crippen LogP contribution in [0.4, 0.5) is 0 Å². The topological polar surface area (TPSA) is 21.3 Å². The van der Waals surface area contributed by atoms with E-state index < -0.39 is 0 Å². The first-order valence-electron chi connectivity index (χ1n) is 9.00. The van der Waals surface area contributed by atoms with E-state index in [1.807, 2.05) is 0 Å². The van der Waals surface area contributed by atoms with Gasteiger partial charge in [-0.25, -0.2) is 0 Å². The number of hydrogen-bond acceptors (Lipinski definition) is 2. The van der Waals surface area contributed by atoms with E-state index in [4.69, 9.17) is 4.74 Å². The minimum absolute atomic E-state index is 0.407. The van der Waals surface area contributed by atoms with E-state index >= 15 is 0 Å². The molecule has 0 radical (unpaired) electrons. The van der Waals surface area contributed by atoms with Crippen LogP contribution >= 0.6 is 0 Å². The maximum atomic E-state index is 6.13. The normalized spacial score (nSPS) is 41.9. The molecule has 4 saturated carbocycles. The van der Waals surface area contributed by atoms with Crippen molar-refractivity contribution in [1.82, 2.24) is 5.32 Å². The molecular formula is C18H33NO. The van der Waals surface area contributed by atoms with Crippen molar-refractivity contribution in [3.05, 3.63) is 0 Å². The Bertz CT molecular complexity index is 292. The molecule has 4 rings (SSSR count). The summed E-state index contributed by atoms with van der Waals surface area (Å²) in [5.41, 5.74) is 0.568. The molecule has 20 heavy (non-hydrogen) atoms. The van der Waals surface area contributed by atoms with Gasteiger partial charge in [-0.2, -0.15) is 0 Å². The average Bonchev–Trinajstić information content (AvgIpc) is 2.41. The van der Waals surface area contributed by atoms with Gasteiger partial charge in [0.25, 0.3) is 0 Å². The van der Waals surface area contributed by atoms with Gasteiger partial charge in [0.05, 0.1) is 12.7 Å². The van der Waals surface area contributed by atoms with Crippen LogP contribution in [0.3, 0.4) is 0 Å². The first-order valence-corrected chi connectivity index (χ1v) is 9.00. The Balaban J connectivity index is 1.69. The fourth-order valence-corrected chi connectivity index (χ4v) is 5.68. The minimum atomic E-state index is 0.407. The molecular weight excluding hydrogens is 246 g/mol. The molecule has 0 aromatic rings. The van der Waals surface area contributed by atoms with E-state index in [0.717, 1.165) is 37.3 Å². The van der Waals surface area contributed by atoms with E-state index in [9.17, 15) is 0 Å². The van der Waals surface area contributed by atoms with E-state index in [1.165, 1.54) is 38.5 Å². The number of likely N-dealkylation sites (N-methyl/N-ethyl adjacent to an activating group) is 1. The molecule has 0 saturated heterocycles. The molecule has 1 N–H and O–H groups in total. The van der Waals surface area contributed by atoms with Gasteiger partial charge in [-0.3, -0.25) is 0 Å². The van der Waals surface area contributed by atoms with Gasteiger partial charge >= 0.3 is 0 Å². The van der Waals surface area contributed by atoms with Crippen molar-refractivity contribution in [2.24, 2.45) is 23.2 Å². The van der Waals surface area contributed by atoms with Crippen LogP contribution in [0.5, 0.6) is 0 Å². The molecule has 2 nitrogen and oxygen atoms in total. The Morgan fingerprint density at radius 1 is 1.05 bits per heavy atom. The van der Waals surface area contributed by atoms with E-state index in [-0.39, 0.29) is 0 Å². The summed E-state index contributed by atoms with van der Waals surface area (Å²) in [5.74, 6) is 3.10. The highest BCUT2D eigenvalue weighted by Gasteiger charge is 2.53. The van der Waals surface area contributed by atoms with Crippen LogP contribution in [0.15, 0.2) is 0 Å². The van der Waals surface area contributed by atoms with Crippen molar-refractivity contribution < 1.29 is 4.74 Å². The Hall–Kier alpha value is -0.0800. The van der Waals surface area contributed by atoms with Crippen molar-refractivity contribution in [1.29, 1.82) is 0 Å². The fourth-order valence-electron chi connectivity index (χ4n) is 5.68. The summed E-state index contributed by atoms with van der Waals surface area (Å²) >= 11 is 0. The number of ether oxygens (including phenoxy) is 1. The zero-order valence-electron chi connectivity index (χ0n) is 13.7. The molecule has 4 fully saturated rings. The summed E-state index contributed by atoms with van der Waals surface area (Å²) in [5, 5.41) is 3.79. The zero-order chi connectivity index (χ0) is 14.2. The van der Waals surface area contributed by atoms with Gasteiger partial charge in [-0.1, -0.05) is 13.8 Å². The van der Waals surface area contributed by atoms with Crippen molar-refractivity contribution in [3.8, 4) is 0 Å². The highest BCUT2D eigenvalue weighted by Crippen LogP contribution is 2.61. The highest BCUT2D eigenvalue weighted by atomic mass is 16.5. The third kappa shape index (κ3) is 2.78. The minimum Gasteiger partial charge on any atom is -0.377 e. The van der Waals surface area contributed by atoms with Gasteiger partial charge in [-0.15, -0.1) is 0 Å². The van der Waals surface area contributed by atoms with Gasteiger partial charge < -0.3 is 10.1 Å².